The minimum Gasteiger partial charge on any atom is -0.486 e. The van der Waals surface area contributed by atoms with Crippen molar-refractivity contribution in [2.45, 2.75) is 5.92 Å². The van der Waals surface area contributed by atoms with Gasteiger partial charge in [-0.25, -0.2) is 4.98 Å². The summed E-state index contributed by atoms with van der Waals surface area (Å²) in [6.07, 6.45) is 0. The van der Waals surface area contributed by atoms with E-state index in [0.717, 1.165) is 21.8 Å². The minimum absolute atomic E-state index is 0.187. The number of hydrogen-bond donors (Lipinski definition) is 1. The van der Waals surface area contributed by atoms with E-state index in [4.69, 9.17) is 4.74 Å². The predicted molar refractivity (Wildman–Crippen MR) is 98.9 cm³/mol. The molecule has 4 rings (SSSR count). The van der Waals surface area contributed by atoms with Gasteiger partial charge in [-0.2, -0.15) is 5.26 Å². The van der Waals surface area contributed by atoms with E-state index in [-0.39, 0.29) is 12.4 Å². The Morgan fingerprint density at radius 1 is 1.08 bits per heavy atom. The van der Waals surface area contributed by atoms with Crippen molar-refractivity contribution in [3.05, 3.63) is 72.6 Å². The van der Waals surface area contributed by atoms with Crippen LogP contribution < -0.4 is 4.74 Å². The summed E-state index contributed by atoms with van der Waals surface area (Å²) in [7, 11) is 0. The number of ketones is 1. The predicted octanol–water partition coefficient (Wildman–Crippen LogP) is 3.97. The van der Waals surface area contributed by atoms with Crippen molar-refractivity contribution in [2.24, 2.45) is 0 Å². The first-order valence-electron chi connectivity index (χ1n) is 8.23. The Hall–Kier alpha value is -3.65. The van der Waals surface area contributed by atoms with Crippen LogP contribution in [0.1, 0.15) is 11.7 Å². The number of nitriles is 1. The number of hydrogen-bond acceptors (Lipinski definition) is 4. The van der Waals surface area contributed by atoms with Crippen LogP contribution in [-0.2, 0) is 4.79 Å². The number of nitrogens with zero attached hydrogens (tertiary/aromatic N) is 2. The van der Waals surface area contributed by atoms with Crippen LogP contribution >= 0.6 is 0 Å². The zero-order valence-electron chi connectivity index (χ0n) is 13.8. The van der Waals surface area contributed by atoms with E-state index < -0.39 is 5.92 Å². The van der Waals surface area contributed by atoms with Crippen LogP contribution in [-0.4, -0.2) is 22.4 Å². The molecule has 5 nitrogen and oxygen atoms in total. The number of benzene rings is 3. The van der Waals surface area contributed by atoms with E-state index >= 15 is 0 Å². The van der Waals surface area contributed by atoms with E-state index in [1.54, 1.807) is 0 Å². The number of ether oxygens (including phenoxy) is 1. The maximum atomic E-state index is 12.5. The largest absolute Gasteiger partial charge is 0.486 e. The fraction of sp³-hybridized carbons (Fsp3) is 0.0952. The van der Waals surface area contributed by atoms with Gasteiger partial charge in [0.15, 0.2) is 11.7 Å². The highest BCUT2D eigenvalue weighted by atomic mass is 16.5. The van der Waals surface area contributed by atoms with Crippen molar-refractivity contribution in [2.75, 3.05) is 6.61 Å². The topological polar surface area (TPSA) is 78.8 Å². The molecule has 1 N–H and O–H groups in total. The van der Waals surface area contributed by atoms with Gasteiger partial charge in [0.2, 0.25) is 0 Å². The molecule has 5 heteroatoms. The first kappa shape index (κ1) is 15.9. The van der Waals surface area contributed by atoms with Crippen molar-refractivity contribution in [3.63, 3.8) is 0 Å². The molecule has 26 heavy (non-hydrogen) atoms. The molecule has 1 heterocycles. The van der Waals surface area contributed by atoms with E-state index in [9.17, 15) is 10.1 Å². The summed E-state index contributed by atoms with van der Waals surface area (Å²) >= 11 is 0. The lowest BCUT2D eigenvalue weighted by Crippen LogP contribution is -2.20. The maximum absolute atomic E-state index is 12.5. The quantitative estimate of drug-likeness (QED) is 0.596. The summed E-state index contributed by atoms with van der Waals surface area (Å²) < 4.78 is 5.61. The number of nitrogens with one attached hydrogen (secondary N) is 1. The van der Waals surface area contributed by atoms with Gasteiger partial charge in [-0.3, -0.25) is 4.79 Å². The van der Waals surface area contributed by atoms with Crippen LogP contribution in [0.5, 0.6) is 5.75 Å². The Morgan fingerprint density at radius 2 is 1.85 bits per heavy atom. The molecule has 1 atom stereocenters. The number of carbonyl (C=O) groups excluding carboxylic acids is 1. The van der Waals surface area contributed by atoms with Gasteiger partial charge in [0, 0.05) is 0 Å². The van der Waals surface area contributed by atoms with Gasteiger partial charge < -0.3 is 9.72 Å². The fourth-order valence-electron chi connectivity index (χ4n) is 2.89. The molecule has 0 saturated carbocycles. The molecule has 4 aromatic rings. The van der Waals surface area contributed by atoms with Gasteiger partial charge >= 0.3 is 0 Å². The average molecular weight is 341 g/mol. The number of rotatable bonds is 5. The van der Waals surface area contributed by atoms with Crippen molar-refractivity contribution in [1.29, 1.82) is 5.26 Å². The molecule has 0 saturated heterocycles. The molecule has 126 valence electrons. The Bertz CT molecular complexity index is 1110. The molecule has 0 amide bonds. The van der Waals surface area contributed by atoms with Crippen molar-refractivity contribution in [1.82, 2.24) is 9.97 Å². The van der Waals surface area contributed by atoms with Gasteiger partial charge in [0.25, 0.3) is 0 Å². The third-order valence-corrected chi connectivity index (χ3v) is 4.23. The summed E-state index contributed by atoms with van der Waals surface area (Å²) in [5.41, 5.74) is 1.52. The van der Waals surface area contributed by atoms with Gasteiger partial charge in [0.05, 0.1) is 17.1 Å². The van der Waals surface area contributed by atoms with Gasteiger partial charge in [-0.1, -0.05) is 42.5 Å². The fourth-order valence-corrected chi connectivity index (χ4v) is 2.89. The number of aromatic amines is 1. The third kappa shape index (κ3) is 3.01. The molecule has 0 spiro atoms. The lowest BCUT2D eigenvalue weighted by atomic mass is 10.1. The Balaban J connectivity index is 1.51. The van der Waals surface area contributed by atoms with Crippen molar-refractivity contribution >= 4 is 27.6 Å². The van der Waals surface area contributed by atoms with Crippen molar-refractivity contribution < 1.29 is 9.53 Å². The van der Waals surface area contributed by atoms with E-state index in [2.05, 4.69) is 9.97 Å². The normalized spacial score (nSPS) is 12.0. The number of carbonyl (C=O) groups is 1. The Labute approximate surface area is 149 Å². The number of fused-ring (bicyclic) bond motifs is 2. The third-order valence-electron chi connectivity index (χ3n) is 4.23. The molecule has 1 aromatic heterocycles. The monoisotopic (exact) mass is 341 g/mol. The number of para-hydroxylation sites is 2. The zero-order chi connectivity index (χ0) is 17.9. The Kier molecular flexibility index (Phi) is 4.08. The van der Waals surface area contributed by atoms with Gasteiger partial charge in [0.1, 0.15) is 18.2 Å². The smallest absolute Gasteiger partial charge is 0.194 e. The first-order chi connectivity index (χ1) is 12.7. The summed E-state index contributed by atoms with van der Waals surface area (Å²) in [6.45, 7) is -0.187. The highest BCUT2D eigenvalue weighted by Gasteiger charge is 2.24. The molecule has 0 aliphatic rings. The lowest BCUT2D eigenvalue weighted by molar-refractivity contribution is -0.121. The van der Waals surface area contributed by atoms with Crippen LogP contribution in [0.3, 0.4) is 0 Å². The zero-order valence-corrected chi connectivity index (χ0v) is 13.8. The Morgan fingerprint density at radius 3 is 2.65 bits per heavy atom. The van der Waals surface area contributed by atoms with Gasteiger partial charge in [-0.05, 0) is 35.0 Å². The molecule has 0 radical (unpaired) electrons. The van der Waals surface area contributed by atoms with E-state index in [1.807, 2.05) is 72.8 Å². The second-order valence-electron chi connectivity index (χ2n) is 5.97. The number of Topliss-reactive ketones (excluding diaryl/α,β-unsaturated/α-hetero) is 1. The highest BCUT2D eigenvalue weighted by molar-refractivity contribution is 5.90. The second-order valence-corrected chi connectivity index (χ2v) is 5.97. The standard InChI is InChI=1S/C21H15N3O2/c22-12-17(21-23-18-7-3-4-8-19(18)24-21)20(25)13-26-16-10-9-14-5-1-2-6-15(14)11-16/h1-11,17H,13H2,(H,23,24). The second kappa shape index (κ2) is 6.69. The molecular weight excluding hydrogens is 326 g/mol. The number of imidazole rings is 1. The molecule has 0 aliphatic carbocycles. The summed E-state index contributed by atoms with van der Waals surface area (Å²) in [5, 5.41) is 11.6. The molecule has 1 unspecified atom stereocenters. The lowest BCUT2D eigenvalue weighted by Gasteiger charge is -2.09. The molecule has 0 fully saturated rings. The molecule has 3 aromatic carbocycles. The van der Waals surface area contributed by atoms with Crippen LogP contribution in [0.15, 0.2) is 66.7 Å². The number of aromatic nitrogens is 2. The number of H-pyrrole nitrogens is 1. The minimum atomic E-state index is -0.983. The molecule has 0 aliphatic heterocycles. The van der Waals surface area contributed by atoms with Crippen LogP contribution in [0.2, 0.25) is 0 Å². The highest BCUT2D eigenvalue weighted by Crippen LogP contribution is 2.22. The van der Waals surface area contributed by atoms with Gasteiger partial charge in [-0.15, -0.1) is 0 Å². The summed E-state index contributed by atoms with van der Waals surface area (Å²) in [4.78, 5) is 19.9. The molecular formula is C21H15N3O2. The SMILES string of the molecule is N#CC(C(=O)COc1ccc2ccccc2c1)c1nc2ccccc2[nH]1. The summed E-state index contributed by atoms with van der Waals surface area (Å²) in [5.74, 6) is -0.373. The maximum Gasteiger partial charge on any atom is 0.194 e. The van der Waals surface area contributed by atoms with Crippen LogP contribution in [0.25, 0.3) is 21.8 Å². The van der Waals surface area contributed by atoms with Crippen molar-refractivity contribution in [3.8, 4) is 11.8 Å². The first-order valence-corrected chi connectivity index (χ1v) is 8.23. The summed E-state index contributed by atoms with van der Waals surface area (Å²) in [6, 6.07) is 23.0. The average Bonchev–Trinajstić information content (AvgIpc) is 3.10. The van der Waals surface area contributed by atoms with Crippen LogP contribution in [0, 0.1) is 11.3 Å². The van der Waals surface area contributed by atoms with E-state index in [1.165, 1.54) is 0 Å². The molecule has 0 bridgehead atoms. The van der Waals surface area contributed by atoms with E-state index in [0.29, 0.717) is 11.6 Å². The van der Waals surface area contributed by atoms with Crippen LogP contribution in [0.4, 0.5) is 0 Å².